The molecule has 0 bridgehead atoms. The fraction of sp³-hybridized carbons (Fsp3) is 0.0833. The number of hydrogen-bond acceptors (Lipinski definition) is 5. The van der Waals surface area contributed by atoms with Crippen LogP contribution in [0, 0.1) is 6.92 Å². The van der Waals surface area contributed by atoms with Crippen LogP contribution in [-0.2, 0) is 0 Å². The van der Waals surface area contributed by atoms with E-state index in [1.165, 1.54) is 18.2 Å². The molecule has 0 atom stereocenters. The summed E-state index contributed by atoms with van der Waals surface area (Å²) in [6, 6.07) is 4.18. The number of nitrogen functional groups attached to an aromatic ring is 1. The molecule has 19 heavy (non-hydrogen) atoms. The molecular formula is C12H11N3O4. The molecule has 0 unspecified atom stereocenters. The summed E-state index contributed by atoms with van der Waals surface area (Å²) in [7, 11) is 0. The number of amides is 1. The standard InChI is InChI=1S/C12H11N3O4/c1-6-10(19-5-14-6)11(16)15-9-3-2-7(13)4-8(9)12(17)18/h2-5H,13H2,1H3,(H,15,16)(H,17,18). The average molecular weight is 261 g/mol. The Hall–Kier alpha value is -2.83. The molecule has 0 aliphatic heterocycles. The number of oxazole rings is 1. The van der Waals surface area contributed by atoms with E-state index in [-0.39, 0.29) is 17.0 Å². The topological polar surface area (TPSA) is 118 Å². The monoisotopic (exact) mass is 261 g/mol. The lowest BCUT2D eigenvalue weighted by Gasteiger charge is -2.08. The zero-order chi connectivity index (χ0) is 14.0. The van der Waals surface area contributed by atoms with Gasteiger partial charge in [-0.25, -0.2) is 9.78 Å². The fourth-order valence-corrected chi connectivity index (χ4v) is 1.55. The van der Waals surface area contributed by atoms with Crippen LogP contribution in [0.25, 0.3) is 0 Å². The molecule has 0 radical (unpaired) electrons. The van der Waals surface area contributed by atoms with Crippen LogP contribution in [-0.4, -0.2) is 22.0 Å². The van der Waals surface area contributed by atoms with E-state index in [1.807, 2.05) is 0 Å². The minimum absolute atomic E-state index is 0.0353. The molecule has 0 saturated carbocycles. The van der Waals surface area contributed by atoms with Crippen LogP contribution in [0.3, 0.4) is 0 Å². The summed E-state index contributed by atoms with van der Waals surface area (Å²) >= 11 is 0. The second-order valence-corrected chi connectivity index (χ2v) is 3.83. The Morgan fingerprint density at radius 2 is 2.16 bits per heavy atom. The minimum Gasteiger partial charge on any atom is -0.478 e. The van der Waals surface area contributed by atoms with Crippen molar-refractivity contribution in [3.8, 4) is 0 Å². The Balaban J connectivity index is 2.32. The lowest BCUT2D eigenvalue weighted by Crippen LogP contribution is -2.15. The number of carbonyl (C=O) groups is 2. The summed E-state index contributed by atoms with van der Waals surface area (Å²) in [6.45, 7) is 1.61. The van der Waals surface area contributed by atoms with Gasteiger partial charge in [0.05, 0.1) is 16.9 Å². The van der Waals surface area contributed by atoms with E-state index in [1.54, 1.807) is 6.92 Å². The van der Waals surface area contributed by atoms with Gasteiger partial charge >= 0.3 is 5.97 Å². The van der Waals surface area contributed by atoms with E-state index in [0.29, 0.717) is 11.4 Å². The van der Waals surface area contributed by atoms with Gasteiger partial charge < -0.3 is 20.6 Å². The number of nitrogens with two attached hydrogens (primary N) is 1. The molecule has 0 saturated heterocycles. The zero-order valence-corrected chi connectivity index (χ0v) is 10.0. The Kier molecular flexibility index (Phi) is 3.19. The lowest BCUT2D eigenvalue weighted by atomic mass is 10.1. The Bertz CT molecular complexity index is 648. The highest BCUT2D eigenvalue weighted by Gasteiger charge is 2.17. The van der Waals surface area contributed by atoms with Crippen LogP contribution in [0.5, 0.6) is 0 Å². The number of aromatic carboxylic acids is 1. The number of carboxylic acids is 1. The molecule has 98 valence electrons. The van der Waals surface area contributed by atoms with Crippen LogP contribution in [0.4, 0.5) is 11.4 Å². The molecule has 1 aromatic carbocycles. The first-order valence-electron chi connectivity index (χ1n) is 5.33. The number of nitrogens with zero attached hydrogens (tertiary/aromatic N) is 1. The highest BCUT2D eigenvalue weighted by atomic mass is 16.4. The second kappa shape index (κ2) is 4.81. The van der Waals surface area contributed by atoms with Gasteiger partial charge in [0.2, 0.25) is 5.76 Å². The van der Waals surface area contributed by atoms with Gasteiger partial charge in [-0.15, -0.1) is 0 Å². The first kappa shape index (κ1) is 12.6. The molecule has 2 rings (SSSR count). The molecule has 0 aliphatic carbocycles. The summed E-state index contributed by atoms with van der Waals surface area (Å²) in [5.41, 5.74) is 6.28. The third kappa shape index (κ3) is 2.54. The van der Waals surface area contributed by atoms with Gasteiger partial charge in [0.1, 0.15) is 0 Å². The number of aromatic nitrogens is 1. The van der Waals surface area contributed by atoms with Gasteiger partial charge in [-0.1, -0.05) is 0 Å². The van der Waals surface area contributed by atoms with Crippen molar-refractivity contribution >= 4 is 23.3 Å². The van der Waals surface area contributed by atoms with E-state index >= 15 is 0 Å². The molecule has 1 aromatic heterocycles. The van der Waals surface area contributed by atoms with Crippen LogP contribution in [0.1, 0.15) is 26.6 Å². The maximum Gasteiger partial charge on any atom is 0.337 e. The first-order valence-corrected chi connectivity index (χ1v) is 5.33. The van der Waals surface area contributed by atoms with Crippen LogP contribution < -0.4 is 11.1 Å². The van der Waals surface area contributed by atoms with E-state index in [2.05, 4.69) is 10.3 Å². The summed E-state index contributed by atoms with van der Waals surface area (Å²) in [6.07, 6.45) is 1.14. The van der Waals surface area contributed by atoms with Crippen molar-refractivity contribution < 1.29 is 19.1 Å². The molecule has 4 N–H and O–H groups in total. The van der Waals surface area contributed by atoms with E-state index in [9.17, 15) is 9.59 Å². The van der Waals surface area contributed by atoms with Crippen molar-refractivity contribution in [1.82, 2.24) is 4.98 Å². The minimum atomic E-state index is -1.18. The summed E-state index contributed by atoms with van der Waals surface area (Å²) in [4.78, 5) is 26.7. The predicted molar refractivity (Wildman–Crippen MR) is 67.0 cm³/mol. The molecule has 7 heteroatoms. The smallest absolute Gasteiger partial charge is 0.337 e. The number of aryl methyl sites for hydroxylation is 1. The predicted octanol–water partition coefficient (Wildman–Crippen LogP) is 1.52. The average Bonchev–Trinajstić information content (AvgIpc) is 2.77. The van der Waals surface area contributed by atoms with Crippen LogP contribution in [0.2, 0.25) is 0 Å². The number of hydrogen-bond donors (Lipinski definition) is 3. The highest BCUT2D eigenvalue weighted by Crippen LogP contribution is 2.20. The molecule has 0 spiro atoms. The first-order chi connectivity index (χ1) is 8.99. The van der Waals surface area contributed by atoms with Gasteiger partial charge in [0.25, 0.3) is 5.91 Å². The van der Waals surface area contributed by atoms with E-state index < -0.39 is 11.9 Å². The Morgan fingerprint density at radius 1 is 1.42 bits per heavy atom. The normalized spacial score (nSPS) is 10.2. The summed E-state index contributed by atoms with van der Waals surface area (Å²) in [5.74, 6) is -1.72. The molecule has 0 fully saturated rings. The lowest BCUT2D eigenvalue weighted by molar-refractivity contribution is 0.0698. The van der Waals surface area contributed by atoms with Crippen molar-refractivity contribution in [3.05, 3.63) is 41.6 Å². The van der Waals surface area contributed by atoms with Crippen molar-refractivity contribution in [3.63, 3.8) is 0 Å². The van der Waals surface area contributed by atoms with E-state index in [4.69, 9.17) is 15.3 Å². The largest absolute Gasteiger partial charge is 0.478 e. The van der Waals surface area contributed by atoms with Crippen molar-refractivity contribution in [2.24, 2.45) is 0 Å². The van der Waals surface area contributed by atoms with Gasteiger partial charge in [-0.2, -0.15) is 0 Å². The zero-order valence-electron chi connectivity index (χ0n) is 10.0. The maximum absolute atomic E-state index is 11.9. The Morgan fingerprint density at radius 3 is 2.74 bits per heavy atom. The van der Waals surface area contributed by atoms with Gasteiger partial charge in [-0.05, 0) is 25.1 Å². The second-order valence-electron chi connectivity index (χ2n) is 3.83. The molecule has 0 aliphatic rings. The molecule has 1 heterocycles. The van der Waals surface area contributed by atoms with Crippen molar-refractivity contribution in [1.29, 1.82) is 0 Å². The number of carboxylic acid groups (broad SMARTS) is 1. The number of carbonyl (C=O) groups excluding carboxylic acids is 1. The van der Waals surface area contributed by atoms with Crippen molar-refractivity contribution in [2.45, 2.75) is 6.92 Å². The number of anilines is 2. The van der Waals surface area contributed by atoms with Gasteiger partial charge in [0.15, 0.2) is 6.39 Å². The number of benzene rings is 1. The number of rotatable bonds is 3. The van der Waals surface area contributed by atoms with Crippen LogP contribution >= 0.6 is 0 Å². The Labute approximate surface area is 108 Å². The third-order valence-electron chi connectivity index (χ3n) is 2.47. The van der Waals surface area contributed by atoms with Crippen LogP contribution in [0.15, 0.2) is 29.0 Å². The molecule has 2 aromatic rings. The molecular weight excluding hydrogens is 250 g/mol. The SMILES string of the molecule is Cc1ncoc1C(=O)Nc1ccc(N)cc1C(=O)O. The summed E-state index contributed by atoms with van der Waals surface area (Å²) < 4.78 is 4.93. The quantitative estimate of drug-likeness (QED) is 0.721. The summed E-state index contributed by atoms with van der Waals surface area (Å²) in [5, 5.41) is 11.5. The third-order valence-corrected chi connectivity index (χ3v) is 2.47. The molecule has 1 amide bonds. The highest BCUT2D eigenvalue weighted by molar-refractivity contribution is 6.07. The number of nitrogens with one attached hydrogen (secondary N) is 1. The van der Waals surface area contributed by atoms with Crippen molar-refractivity contribution in [2.75, 3.05) is 11.1 Å². The van der Waals surface area contributed by atoms with Gasteiger partial charge in [-0.3, -0.25) is 4.79 Å². The maximum atomic E-state index is 11.9. The van der Waals surface area contributed by atoms with Gasteiger partial charge in [0, 0.05) is 5.69 Å². The fourth-order valence-electron chi connectivity index (χ4n) is 1.55. The molecule has 7 nitrogen and oxygen atoms in total. The van der Waals surface area contributed by atoms with E-state index in [0.717, 1.165) is 6.39 Å².